The minimum absolute atomic E-state index is 0.0421. The maximum absolute atomic E-state index is 12.5. The van der Waals surface area contributed by atoms with Gasteiger partial charge < -0.3 is 0 Å². The fourth-order valence-corrected chi connectivity index (χ4v) is 3.00. The van der Waals surface area contributed by atoms with Crippen molar-refractivity contribution >= 4 is 40.1 Å². The van der Waals surface area contributed by atoms with E-state index in [1.54, 1.807) is 0 Å². The van der Waals surface area contributed by atoms with Gasteiger partial charge in [-0.1, -0.05) is 19.9 Å². The number of hydrogen-bond donors (Lipinski definition) is 0. The van der Waals surface area contributed by atoms with Crippen LogP contribution in [0.25, 0.3) is 0 Å². The van der Waals surface area contributed by atoms with Crippen LogP contribution in [-0.2, 0) is 9.59 Å². The van der Waals surface area contributed by atoms with Crippen molar-refractivity contribution in [2.75, 3.05) is 4.90 Å². The summed E-state index contributed by atoms with van der Waals surface area (Å²) in [5, 5.41) is 0. The lowest BCUT2D eigenvalue weighted by Gasteiger charge is -2.23. The highest BCUT2D eigenvalue weighted by molar-refractivity contribution is 14.1. The van der Waals surface area contributed by atoms with Gasteiger partial charge in [-0.25, -0.2) is 0 Å². The maximum Gasteiger partial charge on any atom is 0.240 e. The second kappa shape index (κ2) is 4.99. The number of anilines is 1. The molecule has 3 nitrogen and oxygen atoms in total. The summed E-state index contributed by atoms with van der Waals surface area (Å²) in [5.41, 5.74) is 0.207. The summed E-state index contributed by atoms with van der Waals surface area (Å²) in [6.45, 7) is 3.96. The van der Waals surface area contributed by atoms with Crippen molar-refractivity contribution in [3.63, 3.8) is 0 Å². The van der Waals surface area contributed by atoms with Gasteiger partial charge in [-0.15, -0.1) is 0 Å². The van der Waals surface area contributed by atoms with Gasteiger partial charge in [0, 0.05) is 9.99 Å². The van der Waals surface area contributed by atoms with Crippen molar-refractivity contribution in [2.45, 2.75) is 33.1 Å². The fourth-order valence-electron chi connectivity index (χ4n) is 2.47. The normalized spacial score (nSPS) is 18.5. The molecule has 0 saturated carbocycles. The second-order valence-electron chi connectivity index (χ2n) is 4.68. The molecule has 1 aliphatic heterocycles. The molecular formula is C14H16INO2. The van der Waals surface area contributed by atoms with Gasteiger partial charge in [-0.2, -0.15) is 0 Å². The molecule has 0 aliphatic carbocycles. The molecule has 0 aromatic heterocycles. The van der Waals surface area contributed by atoms with Crippen LogP contribution in [0.2, 0.25) is 0 Å². The lowest BCUT2D eigenvalue weighted by atomic mass is 9.81. The van der Waals surface area contributed by atoms with Crippen LogP contribution in [0.4, 0.5) is 5.69 Å². The predicted molar refractivity (Wildman–Crippen MR) is 79.3 cm³/mol. The van der Waals surface area contributed by atoms with Gasteiger partial charge in [0.25, 0.3) is 0 Å². The van der Waals surface area contributed by atoms with Gasteiger partial charge in [-0.3, -0.25) is 14.5 Å². The third-order valence-electron chi connectivity index (χ3n) is 3.82. The molecule has 4 heteroatoms. The van der Waals surface area contributed by atoms with E-state index in [1.807, 2.05) is 38.1 Å². The molecule has 0 unspecified atom stereocenters. The predicted octanol–water partition coefficient (Wildman–Crippen LogP) is 3.36. The minimum atomic E-state index is -0.488. The Labute approximate surface area is 121 Å². The lowest BCUT2D eigenvalue weighted by Crippen LogP contribution is -2.35. The molecule has 18 heavy (non-hydrogen) atoms. The lowest BCUT2D eigenvalue weighted by molar-refractivity contribution is -0.126. The summed E-state index contributed by atoms with van der Waals surface area (Å²) in [5.74, 6) is -0.120. The molecular weight excluding hydrogens is 341 g/mol. The Balaban J connectivity index is 2.41. The summed E-state index contributed by atoms with van der Waals surface area (Å²) in [6, 6.07) is 7.51. The van der Waals surface area contributed by atoms with Crippen molar-refractivity contribution < 1.29 is 9.59 Å². The Morgan fingerprint density at radius 2 is 1.94 bits per heavy atom. The molecule has 0 spiro atoms. The molecule has 0 radical (unpaired) electrons. The molecule has 1 fully saturated rings. The average Bonchev–Trinajstić information content (AvgIpc) is 2.61. The molecule has 1 heterocycles. The largest absolute Gasteiger partial charge is 0.274 e. The number of halogens is 1. The zero-order chi connectivity index (χ0) is 13.3. The number of carbonyl (C=O) groups is 2. The number of rotatable bonds is 3. The van der Waals surface area contributed by atoms with Gasteiger partial charge in [0.15, 0.2) is 0 Å². The van der Waals surface area contributed by atoms with Gasteiger partial charge in [0.2, 0.25) is 11.8 Å². The first-order chi connectivity index (χ1) is 8.54. The first kappa shape index (κ1) is 13.5. The van der Waals surface area contributed by atoms with Crippen LogP contribution >= 0.6 is 22.6 Å². The van der Waals surface area contributed by atoms with Crippen molar-refractivity contribution in [3.8, 4) is 0 Å². The molecule has 0 bridgehead atoms. The van der Waals surface area contributed by atoms with Crippen molar-refractivity contribution in [1.29, 1.82) is 0 Å². The van der Waals surface area contributed by atoms with Crippen LogP contribution in [0, 0.1) is 8.99 Å². The van der Waals surface area contributed by atoms with Crippen molar-refractivity contribution in [3.05, 3.63) is 27.8 Å². The summed E-state index contributed by atoms with van der Waals surface area (Å²) in [4.78, 5) is 26.0. The molecule has 1 aromatic rings. The summed E-state index contributed by atoms with van der Waals surface area (Å²) < 4.78 is 1.02. The van der Waals surface area contributed by atoms with Crippen LogP contribution in [-0.4, -0.2) is 11.8 Å². The number of amides is 2. The highest BCUT2D eigenvalue weighted by atomic mass is 127. The Morgan fingerprint density at radius 3 is 2.44 bits per heavy atom. The number of imide groups is 1. The first-order valence-electron chi connectivity index (χ1n) is 6.17. The molecule has 96 valence electrons. The monoisotopic (exact) mass is 357 g/mol. The SMILES string of the molecule is CCC1(CC)CC(=O)N(c2cccc(I)c2)C1=O. The summed E-state index contributed by atoms with van der Waals surface area (Å²) in [6.07, 6.45) is 1.77. The molecule has 2 rings (SSSR count). The van der Waals surface area contributed by atoms with Crippen LogP contribution in [0.5, 0.6) is 0 Å². The number of carbonyl (C=O) groups excluding carboxylic acids is 2. The molecule has 0 atom stereocenters. The fraction of sp³-hybridized carbons (Fsp3) is 0.429. The van der Waals surface area contributed by atoms with Crippen molar-refractivity contribution in [1.82, 2.24) is 0 Å². The van der Waals surface area contributed by atoms with E-state index in [0.29, 0.717) is 24.9 Å². The van der Waals surface area contributed by atoms with Gasteiger partial charge >= 0.3 is 0 Å². The maximum atomic E-state index is 12.5. The molecule has 1 saturated heterocycles. The summed E-state index contributed by atoms with van der Waals surface area (Å²) in [7, 11) is 0. The van der Waals surface area contributed by atoms with E-state index in [0.717, 1.165) is 3.57 Å². The minimum Gasteiger partial charge on any atom is -0.274 e. The van der Waals surface area contributed by atoms with Gasteiger partial charge in [0.1, 0.15) is 0 Å². The number of benzene rings is 1. The van der Waals surface area contributed by atoms with E-state index in [2.05, 4.69) is 22.6 Å². The quantitative estimate of drug-likeness (QED) is 0.615. The van der Waals surface area contributed by atoms with Crippen molar-refractivity contribution in [2.24, 2.45) is 5.41 Å². The van der Waals surface area contributed by atoms with E-state index < -0.39 is 5.41 Å². The summed E-state index contributed by atoms with van der Waals surface area (Å²) >= 11 is 2.18. The third-order valence-corrected chi connectivity index (χ3v) is 4.49. The Kier molecular flexibility index (Phi) is 3.75. The van der Waals surface area contributed by atoms with Crippen LogP contribution in [0.15, 0.2) is 24.3 Å². The highest BCUT2D eigenvalue weighted by Crippen LogP contribution is 2.41. The van der Waals surface area contributed by atoms with Gasteiger partial charge in [0.05, 0.1) is 11.1 Å². The number of hydrogen-bond acceptors (Lipinski definition) is 2. The molecule has 1 aromatic carbocycles. The Hall–Kier alpha value is -0.910. The highest BCUT2D eigenvalue weighted by Gasteiger charge is 2.49. The number of nitrogens with zero attached hydrogens (tertiary/aromatic N) is 1. The topological polar surface area (TPSA) is 37.4 Å². The van der Waals surface area contributed by atoms with Gasteiger partial charge in [-0.05, 0) is 53.6 Å². The molecule has 1 aliphatic rings. The first-order valence-corrected chi connectivity index (χ1v) is 7.25. The van der Waals surface area contributed by atoms with Crippen LogP contribution in [0.1, 0.15) is 33.1 Å². The van der Waals surface area contributed by atoms with E-state index in [1.165, 1.54) is 4.90 Å². The zero-order valence-corrected chi connectivity index (χ0v) is 12.7. The second-order valence-corrected chi connectivity index (χ2v) is 5.92. The third kappa shape index (κ3) is 2.06. The zero-order valence-electron chi connectivity index (χ0n) is 10.6. The standard InChI is InChI=1S/C14H16INO2/c1-3-14(4-2)9-12(17)16(13(14)18)11-7-5-6-10(15)8-11/h5-8H,3-4,9H2,1-2H3. The van der Waals surface area contributed by atoms with E-state index in [-0.39, 0.29) is 11.8 Å². The van der Waals surface area contributed by atoms with E-state index >= 15 is 0 Å². The van der Waals surface area contributed by atoms with Crippen LogP contribution in [0.3, 0.4) is 0 Å². The van der Waals surface area contributed by atoms with E-state index in [4.69, 9.17) is 0 Å². The Bertz CT molecular complexity index is 494. The molecule has 0 N–H and O–H groups in total. The van der Waals surface area contributed by atoms with E-state index in [9.17, 15) is 9.59 Å². The Morgan fingerprint density at radius 1 is 1.28 bits per heavy atom. The average molecular weight is 357 g/mol. The van der Waals surface area contributed by atoms with Crippen LogP contribution < -0.4 is 4.90 Å². The molecule has 2 amide bonds. The smallest absolute Gasteiger partial charge is 0.240 e.